The molecule has 1 heterocycles. The lowest BCUT2D eigenvalue weighted by Gasteiger charge is -2.46. The van der Waals surface area contributed by atoms with Crippen LogP contribution < -0.4 is 0 Å². The van der Waals surface area contributed by atoms with E-state index in [-0.39, 0.29) is 10.3 Å². The van der Waals surface area contributed by atoms with Crippen LogP contribution in [0, 0.1) is 0 Å². The molecule has 0 bridgehead atoms. The lowest BCUT2D eigenvalue weighted by atomic mass is 9.80. The number of thioether (sulfide) groups is 1. The number of hydrogen-bond acceptors (Lipinski definition) is 3. The van der Waals surface area contributed by atoms with Crippen LogP contribution in [-0.4, -0.2) is 33.4 Å². The number of benzene rings is 1. The topological polar surface area (TPSA) is 23.5 Å². The summed E-state index contributed by atoms with van der Waals surface area (Å²) < 4.78 is 0.282. The second-order valence-electron chi connectivity index (χ2n) is 8.74. The first-order valence-electron chi connectivity index (χ1n) is 9.83. The van der Waals surface area contributed by atoms with Crippen molar-refractivity contribution in [3.63, 3.8) is 0 Å². The Balaban J connectivity index is 2.14. The van der Waals surface area contributed by atoms with E-state index in [1.54, 1.807) is 0 Å². The molecule has 1 N–H and O–H groups in total. The zero-order chi connectivity index (χ0) is 18.7. The average molecular weight is 364 g/mol. The van der Waals surface area contributed by atoms with E-state index in [1.807, 2.05) is 11.8 Å². The standard InChI is InChI=1S/C22H37NOS/c1-7-20(3,4)23-15-13-22(24,14-16-23)19-12-10-9-11-18(19)17-25-21(5,6)8-2/h9-12,24H,7-8,13-17H2,1-6H3. The van der Waals surface area contributed by atoms with Gasteiger partial charge in [-0.2, -0.15) is 11.8 Å². The number of rotatable bonds is 7. The number of hydrogen-bond donors (Lipinski definition) is 1. The van der Waals surface area contributed by atoms with Crippen LogP contribution in [0.15, 0.2) is 24.3 Å². The van der Waals surface area contributed by atoms with Crippen molar-refractivity contribution in [3.8, 4) is 0 Å². The van der Waals surface area contributed by atoms with Gasteiger partial charge in [-0.25, -0.2) is 0 Å². The van der Waals surface area contributed by atoms with Gasteiger partial charge < -0.3 is 5.11 Å². The van der Waals surface area contributed by atoms with Crippen LogP contribution in [0.1, 0.15) is 78.4 Å². The van der Waals surface area contributed by atoms with Crippen molar-refractivity contribution in [1.82, 2.24) is 4.90 Å². The first kappa shape index (κ1) is 20.8. The SMILES string of the molecule is CCC(C)(C)SCc1ccccc1C1(O)CCN(C(C)(C)CC)CC1. The van der Waals surface area contributed by atoms with Crippen molar-refractivity contribution in [2.75, 3.05) is 13.1 Å². The maximum atomic E-state index is 11.4. The van der Waals surface area contributed by atoms with Gasteiger partial charge in [0.15, 0.2) is 0 Å². The summed E-state index contributed by atoms with van der Waals surface area (Å²) in [6.45, 7) is 15.7. The summed E-state index contributed by atoms with van der Waals surface area (Å²) in [5.41, 5.74) is 2.01. The van der Waals surface area contributed by atoms with E-state index in [9.17, 15) is 5.11 Å². The van der Waals surface area contributed by atoms with Crippen LogP contribution in [-0.2, 0) is 11.4 Å². The first-order valence-corrected chi connectivity index (χ1v) is 10.8. The Labute approximate surface area is 159 Å². The molecule has 1 aromatic carbocycles. The van der Waals surface area contributed by atoms with Crippen LogP contribution in [0.5, 0.6) is 0 Å². The molecule has 0 spiro atoms. The largest absolute Gasteiger partial charge is 0.385 e. The second-order valence-corrected chi connectivity index (χ2v) is 10.4. The maximum absolute atomic E-state index is 11.4. The van der Waals surface area contributed by atoms with Gasteiger partial charge >= 0.3 is 0 Å². The quantitative estimate of drug-likeness (QED) is 0.684. The van der Waals surface area contributed by atoms with E-state index in [1.165, 1.54) is 5.56 Å². The van der Waals surface area contributed by atoms with Gasteiger partial charge in [-0.3, -0.25) is 4.90 Å². The van der Waals surface area contributed by atoms with Crippen LogP contribution in [0.25, 0.3) is 0 Å². The molecular formula is C22H37NOS. The molecule has 0 unspecified atom stereocenters. The molecule has 0 atom stereocenters. The molecule has 0 amide bonds. The summed E-state index contributed by atoms with van der Waals surface area (Å²) in [7, 11) is 0. The molecule has 0 radical (unpaired) electrons. The van der Waals surface area contributed by atoms with Gasteiger partial charge in [0.05, 0.1) is 5.60 Å². The molecule has 2 rings (SSSR count). The summed E-state index contributed by atoms with van der Waals surface area (Å²) in [5.74, 6) is 0.976. The third-order valence-electron chi connectivity index (χ3n) is 6.30. The molecule has 3 heteroatoms. The Bertz CT molecular complexity index is 559. The molecule has 0 aliphatic carbocycles. The summed E-state index contributed by atoms with van der Waals surface area (Å²) >= 11 is 2.00. The van der Waals surface area contributed by atoms with Gasteiger partial charge in [0.2, 0.25) is 0 Å². The highest BCUT2D eigenvalue weighted by atomic mass is 32.2. The lowest BCUT2D eigenvalue weighted by molar-refractivity contribution is -0.0503. The van der Waals surface area contributed by atoms with Crippen molar-refractivity contribution < 1.29 is 5.11 Å². The average Bonchev–Trinajstić information content (AvgIpc) is 2.60. The molecule has 0 aromatic heterocycles. The molecule has 1 aliphatic heterocycles. The minimum Gasteiger partial charge on any atom is -0.385 e. The van der Waals surface area contributed by atoms with Crippen molar-refractivity contribution in [3.05, 3.63) is 35.4 Å². The minimum absolute atomic E-state index is 0.224. The second kappa shape index (κ2) is 8.02. The summed E-state index contributed by atoms with van der Waals surface area (Å²) in [6, 6.07) is 8.54. The Morgan fingerprint density at radius 3 is 2.20 bits per heavy atom. The highest BCUT2D eigenvalue weighted by Crippen LogP contribution is 2.39. The molecule has 0 saturated carbocycles. The van der Waals surface area contributed by atoms with Crippen molar-refractivity contribution in [1.29, 1.82) is 0 Å². The number of nitrogens with zero attached hydrogens (tertiary/aromatic N) is 1. The monoisotopic (exact) mass is 363 g/mol. The maximum Gasteiger partial charge on any atom is 0.0923 e. The number of aliphatic hydroxyl groups is 1. The fourth-order valence-electron chi connectivity index (χ4n) is 3.45. The smallest absolute Gasteiger partial charge is 0.0923 e. The molecular weight excluding hydrogens is 326 g/mol. The van der Waals surface area contributed by atoms with E-state index in [0.29, 0.717) is 0 Å². The van der Waals surface area contributed by atoms with Crippen LogP contribution in [0.2, 0.25) is 0 Å². The van der Waals surface area contributed by atoms with Gasteiger partial charge in [0.25, 0.3) is 0 Å². The molecule has 1 aromatic rings. The lowest BCUT2D eigenvalue weighted by Crippen LogP contribution is -2.51. The molecule has 1 saturated heterocycles. The van der Waals surface area contributed by atoms with Crippen molar-refractivity contribution in [2.45, 2.75) is 88.9 Å². The third kappa shape index (κ3) is 5.02. The Hall–Kier alpha value is -0.510. The number of piperidine rings is 1. The fourth-order valence-corrected chi connectivity index (χ4v) is 4.45. The highest BCUT2D eigenvalue weighted by Gasteiger charge is 2.38. The fraction of sp³-hybridized carbons (Fsp3) is 0.727. The van der Waals surface area contributed by atoms with Gasteiger partial charge in [-0.05, 0) is 50.7 Å². The van der Waals surface area contributed by atoms with Crippen molar-refractivity contribution >= 4 is 11.8 Å². The van der Waals surface area contributed by atoms with Gasteiger partial charge in [0.1, 0.15) is 0 Å². The molecule has 1 aliphatic rings. The number of likely N-dealkylation sites (tertiary alicyclic amines) is 1. The van der Waals surface area contributed by atoms with E-state index in [4.69, 9.17) is 0 Å². The van der Waals surface area contributed by atoms with Gasteiger partial charge in [-0.1, -0.05) is 52.0 Å². The zero-order valence-corrected chi connectivity index (χ0v) is 17.9. The predicted molar refractivity (Wildman–Crippen MR) is 111 cm³/mol. The summed E-state index contributed by atoms with van der Waals surface area (Å²) in [4.78, 5) is 2.54. The third-order valence-corrected chi connectivity index (χ3v) is 7.83. The van der Waals surface area contributed by atoms with E-state index in [0.717, 1.165) is 50.1 Å². The molecule has 142 valence electrons. The van der Waals surface area contributed by atoms with Crippen LogP contribution in [0.4, 0.5) is 0 Å². The Morgan fingerprint density at radius 1 is 1.04 bits per heavy atom. The Kier molecular flexibility index (Phi) is 6.67. The first-order chi connectivity index (χ1) is 11.6. The van der Waals surface area contributed by atoms with Gasteiger partial charge in [0, 0.05) is 29.1 Å². The minimum atomic E-state index is -0.673. The van der Waals surface area contributed by atoms with E-state index < -0.39 is 5.60 Å². The summed E-state index contributed by atoms with van der Waals surface area (Å²) in [5, 5.41) is 11.4. The zero-order valence-electron chi connectivity index (χ0n) is 17.1. The molecule has 2 nitrogen and oxygen atoms in total. The van der Waals surface area contributed by atoms with Gasteiger partial charge in [-0.15, -0.1) is 0 Å². The highest BCUT2D eigenvalue weighted by molar-refractivity contribution is 7.99. The van der Waals surface area contributed by atoms with Crippen LogP contribution >= 0.6 is 11.8 Å². The van der Waals surface area contributed by atoms with E-state index >= 15 is 0 Å². The molecule has 25 heavy (non-hydrogen) atoms. The Morgan fingerprint density at radius 2 is 1.64 bits per heavy atom. The van der Waals surface area contributed by atoms with Crippen LogP contribution in [0.3, 0.4) is 0 Å². The van der Waals surface area contributed by atoms with E-state index in [2.05, 4.69) is 70.7 Å². The molecule has 1 fully saturated rings. The predicted octanol–water partition coefficient (Wildman–Crippen LogP) is 5.58. The normalized spacial score (nSPS) is 19.2. The van der Waals surface area contributed by atoms with Crippen molar-refractivity contribution in [2.24, 2.45) is 0 Å². The summed E-state index contributed by atoms with van der Waals surface area (Å²) in [6.07, 6.45) is 3.96.